The number of carbonyl (C=O) groups excluding carboxylic acids is 1. The molecule has 0 unspecified atom stereocenters. The summed E-state index contributed by atoms with van der Waals surface area (Å²) in [4.78, 5) is 17.2. The molecule has 1 amide bonds. The minimum absolute atomic E-state index is 0.132. The average molecular weight is 495 g/mol. The van der Waals surface area contributed by atoms with Crippen molar-refractivity contribution >= 4 is 40.7 Å². The number of benzene rings is 4. The molecule has 0 fully saturated rings. The van der Waals surface area contributed by atoms with E-state index in [9.17, 15) is 4.79 Å². The molecule has 0 aliphatic carbocycles. The van der Waals surface area contributed by atoms with Crippen molar-refractivity contribution < 1.29 is 9.53 Å². The van der Waals surface area contributed by atoms with Crippen molar-refractivity contribution in [3.8, 4) is 5.75 Å². The van der Waals surface area contributed by atoms with E-state index in [4.69, 9.17) is 10.5 Å². The molecule has 0 heterocycles. The summed E-state index contributed by atoms with van der Waals surface area (Å²) < 4.78 is 5.34. The number of rotatable bonds is 8. The first-order chi connectivity index (χ1) is 17.5. The Labute approximate surface area is 217 Å². The predicted molar refractivity (Wildman–Crippen MR) is 152 cm³/mol. The maximum atomic E-state index is 14.3. The summed E-state index contributed by atoms with van der Waals surface area (Å²) in [5.74, 6) is 0.603. The molecule has 0 aromatic heterocycles. The first-order valence-electron chi connectivity index (χ1n) is 11.7. The van der Waals surface area contributed by atoms with Gasteiger partial charge in [-0.05, 0) is 72.3 Å². The zero-order valence-corrected chi connectivity index (χ0v) is 21.6. The molecule has 0 atom stereocenters. The molecule has 36 heavy (non-hydrogen) atoms. The second kappa shape index (κ2) is 11.6. The average Bonchev–Trinajstić information content (AvgIpc) is 2.92. The van der Waals surface area contributed by atoms with Crippen molar-refractivity contribution in [1.82, 2.24) is 0 Å². The highest BCUT2D eigenvalue weighted by atomic mass is 32.2. The van der Waals surface area contributed by atoms with Gasteiger partial charge in [-0.15, -0.1) is 11.8 Å². The van der Waals surface area contributed by atoms with Gasteiger partial charge in [0.25, 0.3) is 5.91 Å². The molecular formula is C31H30N2O2S. The van der Waals surface area contributed by atoms with Crippen molar-refractivity contribution in [3.63, 3.8) is 0 Å². The number of ether oxygens (including phenoxy) is 1. The highest BCUT2D eigenvalue weighted by molar-refractivity contribution is 7.98. The number of thioether (sulfide) groups is 1. The van der Waals surface area contributed by atoms with Crippen LogP contribution >= 0.6 is 11.8 Å². The van der Waals surface area contributed by atoms with Gasteiger partial charge in [-0.1, -0.05) is 66.2 Å². The number of hydrogen-bond acceptors (Lipinski definition) is 4. The summed E-state index contributed by atoms with van der Waals surface area (Å²) in [5, 5.41) is 0. The fourth-order valence-electron chi connectivity index (χ4n) is 3.93. The molecule has 4 rings (SSSR count). The molecule has 182 valence electrons. The maximum Gasteiger partial charge on any atom is 0.259 e. The van der Waals surface area contributed by atoms with E-state index in [1.807, 2.05) is 85.1 Å². The summed E-state index contributed by atoms with van der Waals surface area (Å²) >= 11 is 1.69. The zero-order chi connectivity index (χ0) is 25.5. The van der Waals surface area contributed by atoms with Crippen LogP contribution in [0.2, 0.25) is 0 Å². The van der Waals surface area contributed by atoms with Crippen LogP contribution in [0.1, 0.15) is 22.3 Å². The summed E-state index contributed by atoms with van der Waals surface area (Å²) in [7, 11) is 1.63. The SMILES string of the molecule is COc1ccc(C(=Cc2ccc(SC)cc2)C(=O)N(Cc2ccc(C)cc2)c2ccccc2N)cc1. The largest absolute Gasteiger partial charge is 0.497 e. The molecule has 0 aliphatic rings. The number of aryl methyl sites for hydroxylation is 1. The van der Waals surface area contributed by atoms with Gasteiger partial charge >= 0.3 is 0 Å². The Morgan fingerprint density at radius 2 is 1.58 bits per heavy atom. The third-order valence-electron chi connectivity index (χ3n) is 5.99. The quantitative estimate of drug-likeness (QED) is 0.123. The van der Waals surface area contributed by atoms with E-state index in [2.05, 4.69) is 31.2 Å². The standard InChI is InChI=1S/C31H30N2O2S/c1-22-8-10-24(11-9-22)21-33(30-7-5-4-6-29(30)32)31(34)28(25-14-16-26(35-2)17-15-25)20-23-12-18-27(36-3)19-13-23/h4-20H,21,32H2,1-3H3. The number of hydrogen-bond donors (Lipinski definition) is 1. The summed E-state index contributed by atoms with van der Waals surface area (Å²) in [6.45, 7) is 2.45. The van der Waals surface area contributed by atoms with E-state index < -0.39 is 0 Å². The van der Waals surface area contributed by atoms with E-state index in [1.54, 1.807) is 23.8 Å². The van der Waals surface area contributed by atoms with Crippen molar-refractivity contribution in [2.24, 2.45) is 0 Å². The van der Waals surface area contributed by atoms with Gasteiger partial charge in [-0.25, -0.2) is 0 Å². The van der Waals surface area contributed by atoms with Gasteiger partial charge in [-0.2, -0.15) is 0 Å². The van der Waals surface area contributed by atoms with Crippen molar-refractivity contribution in [3.05, 3.63) is 119 Å². The minimum Gasteiger partial charge on any atom is -0.497 e. The first kappa shape index (κ1) is 25.1. The Kier molecular flexibility index (Phi) is 8.13. The van der Waals surface area contributed by atoms with Gasteiger partial charge in [0.15, 0.2) is 0 Å². The third-order valence-corrected chi connectivity index (χ3v) is 6.74. The third kappa shape index (κ3) is 5.99. The van der Waals surface area contributed by atoms with Crippen LogP contribution in [0.25, 0.3) is 11.6 Å². The van der Waals surface area contributed by atoms with Gasteiger partial charge in [0.2, 0.25) is 0 Å². The lowest BCUT2D eigenvalue weighted by atomic mass is 10.00. The molecule has 4 nitrogen and oxygen atoms in total. The van der Waals surface area contributed by atoms with Crippen LogP contribution in [-0.2, 0) is 11.3 Å². The van der Waals surface area contributed by atoms with Crippen LogP contribution in [0.15, 0.2) is 102 Å². The lowest BCUT2D eigenvalue weighted by molar-refractivity contribution is -0.113. The Hall–Kier alpha value is -3.96. The monoisotopic (exact) mass is 494 g/mol. The highest BCUT2D eigenvalue weighted by Gasteiger charge is 2.23. The number of anilines is 2. The summed E-state index contributed by atoms with van der Waals surface area (Å²) in [6.07, 6.45) is 3.99. The smallest absolute Gasteiger partial charge is 0.259 e. The van der Waals surface area contributed by atoms with Crippen LogP contribution in [0.5, 0.6) is 5.75 Å². The molecule has 4 aromatic rings. The van der Waals surface area contributed by atoms with Crippen molar-refractivity contribution in [2.75, 3.05) is 24.0 Å². The Morgan fingerprint density at radius 1 is 0.917 bits per heavy atom. The van der Waals surface area contributed by atoms with Gasteiger partial charge in [-0.3, -0.25) is 4.79 Å². The molecule has 2 N–H and O–H groups in total. The minimum atomic E-state index is -0.132. The number of para-hydroxylation sites is 2. The van der Waals surface area contributed by atoms with Crippen LogP contribution in [0, 0.1) is 6.92 Å². The normalized spacial score (nSPS) is 11.2. The van der Waals surface area contributed by atoms with Gasteiger partial charge < -0.3 is 15.4 Å². The molecule has 0 aliphatic heterocycles. The second-order valence-corrected chi connectivity index (χ2v) is 9.38. The van der Waals surface area contributed by atoms with Gasteiger partial charge in [0.05, 0.1) is 25.0 Å². The summed E-state index contributed by atoms with van der Waals surface area (Å²) in [6, 6.07) is 31.4. The van der Waals surface area contributed by atoms with E-state index >= 15 is 0 Å². The van der Waals surface area contributed by atoms with Crippen LogP contribution in [0.4, 0.5) is 11.4 Å². The van der Waals surface area contributed by atoms with Crippen molar-refractivity contribution in [2.45, 2.75) is 18.4 Å². The molecule has 0 saturated heterocycles. The number of nitrogen functional groups attached to an aromatic ring is 1. The number of nitrogens with two attached hydrogens (primary N) is 1. The molecule has 0 radical (unpaired) electrons. The molecule has 5 heteroatoms. The molecular weight excluding hydrogens is 464 g/mol. The Bertz CT molecular complexity index is 1340. The van der Waals surface area contributed by atoms with Crippen LogP contribution in [0.3, 0.4) is 0 Å². The van der Waals surface area contributed by atoms with E-state index in [-0.39, 0.29) is 5.91 Å². The second-order valence-electron chi connectivity index (χ2n) is 8.50. The van der Waals surface area contributed by atoms with E-state index in [1.165, 1.54) is 10.5 Å². The van der Waals surface area contributed by atoms with E-state index in [0.717, 1.165) is 22.4 Å². The topological polar surface area (TPSA) is 55.6 Å². The highest BCUT2D eigenvalue weighted by Crippen LogP contribution is 2.31. The van der Waals surface area contributed by atoms with Gasteiger partial charge in [0, 0.05) is 10.5 Å². The maximum absolute atomic E-state index is 14.3. The van der Waals surface area contributed by atoms with Crippen molar-refractivity contribution in [1.29, 1.82) is 0 Å². The van der Waals surface area contributed by atoms with Crippen LogP contribution in [-0.4, -0.2) is 19.3 Å². The Morgan fingerprint density at radius 3 is 2.19 bits per heavy atom. The molecule has 0 spiro atoms. The zero-order valence-electron chi connectivity index (χ0n) is 20.8. The molecule has 4 aromatic carbocycles. The lowest BCUT2D eigenvalue weighted by Gasteiger charge is -2.26. The number of amides is 1. The first-order valence-corrected chi connectivity index (χ1v) is 12.9. The fourth-order valence-corrected chi connectivity index (χ4v) is 4.34. The molecule has 0 bridgehead atoms. The predicted octanol–water partition coefficient (Wildman–Crippen LogP) is 7.08. The number of nitrogens with zero attached hydrogens (tertiary/aromatic N) is 1. The molecule has 0 saturated carbocycles. The number of carbonyl (C=O) groups is 1. The number of methoxy groups -OCH3 is 1. The van der Waals surface area contributed by atoms with E-state index in [0.29, 0.717) is 23.5 Å². The lowest BCUT2D eigenvalue weighted by Crippen LogP contribution is -2.31. The van der Waals surface area contributed by atoms with Gasteiger partial charge in [0.1, 0.15) is 5.75 Å². The van der Waals surface area contributed by atoms with Crippen LogP contribution < -0.4 is 15.4 Å². The Balaban J connectivity index is 1.82. The fraction of sp³-hybridized carbons (Fsp3) is 0.129. The summed E-state index contributed by atoms with van der Waals surface area (Å²) in [5.41, 5.74) is 12.1.